The quantitative estimate of drug-likeness (QED) is 0.726. The van der Waals surface area contributed by atoms with Crippen molar-refractivity contribution in [2.45, 2.75) is 27.2 Å². The van der Waals surface area contributed by atoms with Gasteiger partial charge in [0.15, 0.2) is 11.5 Å². The summed E-state index contributed by atoms with van der Waals surface area (Å²) in [5, 5.41) is 0. The number of nitrogens with two attached hydrogens (primary N) is 1. The molecule has 3 nitrogen and oxygen atoms in total. The average molecular weight is 204 g/mol. The maximum absolute atomic E-state index is 5.67. The first-order valence-corrected chi connectivity index (χ1v) is 5.09. The van der Waals surface area contributed by atoms with Gasteiger partial charge in [0.1, 0.15) is 5.52 Å². The Morgan fingerprint density at radius 3 is 2.73 bits per heavy atom. The predicted octanol–water partition coefficient (Wildman–Crippen LogP) is 3.00. The minimum absolute atomic E-state index is 0.187. The highest BCUT2D eigenvalue weighted by Crippen LogP contribution is 2.24. The molecule has 0 atom stereocenters. The van der Waals surface area contributed by atoms with E-state index in [4.69, 9.17) is 10.2 Å². The third kappa shape index (κ3) is 2.29. The molecule has 0 aliphatic heterocycles. The second-order valence-electron chi connectivity index (χ2n) is 5.07. The number of nitrogen functional groups attached to an aromatic ring is 1. The number of fused-ring (bicyclic) bond motifs is 1. The number of nitrogens with zero attached hydrogens (tertiary/aromatic N) is 1. The first-order chi connectivity index (χ1) is 6.94. The molecule has 0 unspecified atom stereocenters. The molecular formula is C12H16N2O. The lowest BCUT2D eigenvalue weighted by Crippen LogP contribution is -2.09. The van der Waals surface area contributed by atoms with Gasteiger partial charge in [-0.25, -0.2) is 4.98 Å². The van der Waals surface area contributed by atoms with Gasteiger partial charge in [0.2, 0.25) is 0 Å². The normalized spacial score (nSPS) is 12.2. The molecule has 0 bridgehead atoms. The Labute approximate surface area is 89.3 Å². The number of hydrogen-bond donors (Lipinski definition) is 1. The molecule has 0 amide bonds. The summed E-state index contributed by atoms with van der Waals surface area (Å²) in [6.45, 7) is 6.49. The summed E-state index contributed by atoms with van der Waals surface area (Å²) in [5.41, 5.74) is 8.22. The topological polar surface area (TPSA) is 52.0 Å². The highest BCUT2D eigenvalue weighted by Gasteiger charge is 2.15. The maximum atomic E-state index is 5.67. The van der Waals surface area contributed by atoms with Gasteiger partial charge in [-0.05, 0) is 17.5 Å². The predicted molar refractivity (Wildman–Crippen MR) is 61.6 cm³/mol. The molecule has 0 spiro atoms. The molecule has 0 radical (unpaired) electrons. The van der Waals surface area contributed by atoms with E-state index in [9.17, 15) is 0 Å². The molecule has 1 aromatic heterocycles. The van der Waals surface area contributed by atoms with Gasteiger partial charge in [-0.3, -0.25) is 0 Å². The van der Waals surface area contributed by atoms with Gasteiger partial charge < -0.3 is 10.2 Å². The number of oxazole rings is 1. The van der Waals surface area contributed by atoms with Gasteiger partial charge in [0, 0.05) is 18.2 Å². The van der Waals surface area contributed by atoms with E-state index < -0.39 is 0 Å². The second kappa shape index (κ2) is 3.26. The van der Waals surface area contributed by atoms with E-state index in [0.29, 0.717) is 5.69 Å². The van der Waals surface area contributed by atoms with Crippen molar-refractivity contribution in [2.75, 3.05) is 5.73 Å². The fourth-order valence-corrected chi connectivity index (χ4v) is 1.52. The zero-order valence-electron chi connectivity index (χ0n) is 9.37. The van der Waals surface area contributed by atoms with E-state index in [2.05, 4.69) is 25.8 Å². The van der Waals surface area contributed by atoms with Crippen molar-refractivity contribution in [1.82, 2.24) is 4.98 Å². The minimum atomic E-state index is 0.187. The Kier molecular flexibility index (Phi) is 2.18. The van der Waals surface area contributed by atoms with Crippen LogP contribution in [0.1, 0.15) is 26.7 Å². The Bertz CT molecular complexity index is 480. The summed E-state index contributed by atoms with van der Waals surface area (Å²) >= 11 is 0. The zero-order valence-corrected chi connectivity index (χ0v) is 9.37. The Hall–Kier alpha value is -1.51. The molecule has 1 aromatic carbocycles. The lowest BCUT2D eigenvalue weighted by molar-refractivity contribution is 0.362. The number of aromatic nitrogens is 1. The summed E-state index contributed by atoms with van der Waals surface area (Å²) in [4.78, 5) is 4.42. The van der Waals surface area contributed by atoms with Crippen LogP contribution in [0.4, 0.5) is 5.69 Å². The molecule has 3 heteroatoms. The molecule has 0 saturated carbocycles. The molecule has 2 aromatic rings. The zero-order chi connectivity index (χ0) is 11.1. The number of benzene rings is 1. The summed E-state index contributed by atoms with van der Waals surface area (Å²) in [6, 6.07) is 5.54. The fraction of sp³-hybridized carbons (Fsp3) is 0.417. The van der Waals surface area contributed by atoms with Gasteiger partial charge in [0.25, 0.3) is 0 Å². The van der Waals surface area contributed by atoms with Crippen molar-refractivity contribution in [2.24, 2.45) is 5.41 Å². The highest BCUT2D eigenvalue weighted by molar-refractivity contribution is 5.76. The molecule has 2 N–H and O–H groups in total. The summed E-state index contributed by atoms with van der Waals surface area (Å²) in [7, 11) is 0. The molecule has 1 heterocycles. The summed E-state index contributed by atoms with van der Waals surface area (Å²) in [6.07, 6.45) is 0.835. The van der Waals surface area contributed by atoms with Crippen molar-refractivity contribution in [1.29, 1.82) is 0 Å². The molecule has 15 heavy (non-hydrogen) atoms. The van der Waals surface area contributed by atoms with E-state index in [1.165, 1.54) is 0 Å². The van der Waals surface area contributed by atoms with Gasteiger partial charge >= 0.3 is 0 Å². The lowest BCUT2D eigenvalue weighted by atomic mass is 9.92. The average Bonchev–Trinajstić information content (AvgIpc) is 2.42. The van der Waals surface area contributed by atoms with Crippen molar-refractivity contribution < 1.29 is 4.42 Å². The standard InChI is InChI=1S/C12H16N2O/c1-12(2,3)7-11-14-9-5-4-8(13)6-10(9)15-11/h4-6H,7,13H2,1-3H3. The van der Waals surface area contributed by atoms with Crippen molar-refractivity contribution in [3.05, 3.63) is 24.1 Å². The van der Waals surface area contributed by atoms with Crippen molar-refractivity contribution in [3.63, 3.8) is 0 Å². The first kappa shape index (κ1) is 10.0. The second-order valence-corrected chi connectivity index (χ2v) is 5.07. The van der Waals surface area contributed by atoms with Crippen LogP contribution >= 0.6 is 0 Å². The third-order valence-corrected chi connectivity index (χ3v) is 2.14. The van der Waals surface area contributed by atoms with Crippen LogP contribution in [0.5, 0.6) is 0 Å². The van der Waals surface area contributed by atoms with Crippen LogP contribution in [0, 0.1) is 5.41 Å². The number of anilines is 1. The molecule has 2 rings (SSSR count). The lowest BCUT2D eigenvalue weighted by Gasteiger charge is -2.14. The van der Waals surface area contributed by atoms with E-state index in [1.807, 2.05) is 18.2 Å². The molecule has 0 aliphatic carbocycles. The summed E-state index contributed by atoms with van der Waals surface area (Å²) in [5.74, 6) is 0.781. The number of hydrogen-bond acceptors (Lipinski definition) is 3. The molecule has 0 aliphatic rings. The molecule has 80 valence electrons. The van der Waals surface area contributed by atoms with E-state index in [-0.39, 0.29) is 5.41 Å². The fourth-order valence-electron chi connectivity index (χ4n) is 1.52. The van der Waals surface area contributed by atoms with Crippen LogP contribution in [0.15, 0.2) is 22.6 Å². The smallest absolute Gasteiger partial charge is 0.195 e. The number of rotatable bonds is 1. The van der Waals surface area contributed by atoms with Crippen LogP contribution in [0.3, 0.4) is 0 Å². The minimum Gasteiger partial charge on any atom is -0.441 e. The van der Waals surface area contributed by atoms with Gasteiger partial charge in [0.05, 0.1) is 0 Å². The monoisotopic (exact) mass is 204 g/mol. The molecule has 0 fully saturated rings. The van der Waals surface area contributed by atoms with Gasteiger partial charge in [-0.2, -0.15) is 0 Å². The van der Waals surface area contributed by atoms with Gasteiger partial charge in [-0.15, -0.1) is 0 Å². The van der Waals surface area contributed by atoms with Crippen LogP contribution in [0.25, 0.3) is 11.1 Å². The van der Waals surface area contributed by atoms with E-state index >= 15 is 0 Å². The molecular weight excluding hydrogens is 188 g/mol. The SMILES string of the molecule is CC(C)(C)Cc1nc2ccc(N)cc2o1. The summed E-state index contributed by atoms with van der Waals surface area (Å²) < 4.78 is 5.63. The van der Waals surface area contributed by atoms with E-state index in [1.54, 1.807) is 0 Å². The Balaban J connectivity index is 2.39. The largest absolute Gasteiger partial charge is 0.441 e. The van der Waals surface area contributed by atoms with Gasteiger partial charge in [-0.1, -0.05) is 20.8 Å². The van der Waals surface area contributed by atoms with E-state index in [0.717, 1.165) is 23.4 Å². The van der Waals surface area contributed by atoms with Crippen molar-refractivity contribution >= 4 is 16.8 Å². The van der Waals surface area contributed by atoms with Crippen LogP contribution in [-0.2, 0) is 6.42 Å². The highest BCUT2D eigenvalue weighted by atomic mass is 16.3. The Morgan fingerprint density at radius 1 is 1.33 bits per heavy atom. The molecule has 0 saturated heterocycles. The van der Waals surface area contributed by atoms with Crippen LogP contribution < -0.4 is 5.73 Å². The maximum Gasteiger partial charge on any atom is 0.195 e. The Morgan fingerprint density at radius 2 is 2.07 bits per heavy atom. The van der Waals surface area contributed by atoms with Crippen molar-refractivity contribution in [3.8, 4) is 0 Å². The van der Waals surface area contributed by atoms with Crippen LogP contribution in [0.2, 0.25) is 0 Å². The third-order valence-electron chi connectivity index (χ3n) is 2.14. The van der Waals surface area contributed by atoms with Crippen LogP contribution in [-0.4, -0.2) is 4.98 Å². The first-order valence-electron chi connectivity index (χ1n) is 5.09.